The monoisotopic (exact) mass is 627 g/mol. The Labute approximate surface area is 269 Å². The SMILES string of the molecule is COc1cc2c(Nc3ccc(SC4NC(C)=C(C)N4Cc4ccccc4)c(Cl)c3)c(C#N)cnc2cc1NCCCN(C)C. The lowest BCUT2D eigenvalue weighted by molar-refractivity contribution is 0.329. The van der Waals surface area contributed by atoms with Gasteiger partial charge in [0.05, 0.1) is 34.6 Å². The van der Waals surface area contributed by atoms with Crippen molar-refractivity contribution in [3.63, 3.8) is 0 Å². The van der Waals surface area contributed by atoms with Crippen LogP contribution in [0.1, 0.15) is 31.4 Å². The maximum Gasteiger partial charge on any atom is 0.152 e. The van der Waals surface area contributed by atoms with Crippen LogP contribution in [0.3, 0.4) is 0 Å². The summed E-state index contributed by atoms with van der Waals surface area (Å²) in [5, 5.41) is 21.9. The number of methoxy groups -OCH3 is 1. The smallest absolute Gasteiger partial charge is 0.152 e. The summed E-state index contributed by atoms with van der Waals surface area (Å²) >= 11 is 8.54. The van der Waals surface area contributed by atoms with E-state index in [2.05, 4.69) is 89.0 Å². The average molecular weight is 628 g/mol. The molecule has 0 spiro atoms. The fourth-order valence-electron chi connectivity index (χ4n) is 5.14. The number of halogens is 1. The summed E-state index contributed by atoms with van der Waals surface area (Å²) < 4.78 is 5.72. The second-order valence-corrected chi connectivity index (χ2v) is 12.5. The number of fused-ring (bicyclic) bond motifs is 1. The van der Waals surface area contributed by atoms with Crippen LogP contribution in [-0.2, 0) is 6.54 Å². The van der Waals surface area contributed by atoms with Crippen molar-refractivity contribution >= 4 is 51.3 Å². The Morgan fingerprint density at radius 3 is 2.64 bits per heavy atom. The van der Waals surface area contributed by atoms with Gasteiger partial charge in [0.2, 0.25) is 0 Å². The van der Waals surface area contributed by atoms with Gasteiger partial charge in [0.25, 0.3) is 0 Å². The molecule has 1 aromatic heterocycles. The highest BCUT2D eigenvalue weighted by Gasteiger charge is 2.28. The van der Waals surface area contributed by atoms with Gasteiger partial charge < -0.3 is 30.5 Å². The minimum Gasteiger partial charge on any atom is -0.495 e. The molecule has 0 aliphatic carbocycles. The van der Waals surface area contributed by atoms with Crippen molar-refractivity contribution in [1.29, 1.82) is 5.26 Å². The van der Waals surface area contributed by atoms with E-state index in [0.29, 0.717) is 22.0 Å². The zero-order chi connectivity index (χ0) is 31.2. The molecule has 0 saturated heterocycles. The molecule has 228 valence electrons. The summed E-state index contributed by atoms with van der Waals surface area (Å²) in [7, 11) is 5.78. The lowest BCUT2D eigenvalue weighted by Gasteiger charge is -2.28. The van der Waals surface area contributed by atoms with Gasteiger partial charge in [-0.25, -0.2) is 0 Å². The van der Waals surface area contributed by atoms with Gasteiger partial charge in [0.15, 0.2) is 5.50 Å². The van der Waals surface area contributed by atoms with E-state index in [9.17, 15) is 5.26 Å². The Kier molecular flexibility index (Phi) is 10.1. The fourth-order valence-corrected chi connectivity index (χ4v) is 6.60. The first-order valence-corrected chi connectivity index (χ1v) is 15.8. The first-order valence-electron chi connectivity index (χ1n) is 14.5. The molecular formula is C34H38ClN7OS. The van der Waals surface area contributed by atoms with Crippen molar-refractivity contribution in [3.05, 3.63) is 94.4 Å². The van der Waals surface area contributed by atoms with E-state index in [1.807, 2.05) is 36.4 Å². The van der Waals surface area contributed by atoms with E-state index in [0.717, 1.165) is 58.9 Å². The second-order valence-electron chi connectivity index (χ2n) is 11.0. The summed E-state index contributed by atoms with van der Waals surface area (Å²) in [5.41, 5.74) is 7.14. The third-order valence-corrected chi connectivity index (χ3v) is 9.27. The van der Waals surface area contributed by atoms with Gasteiger partial charge in [-0.1, -0.05) is 53.7 Å². The van der Waals surface area contributed by atoms with Crippen LogP contribution in [0.2, 0.25) is 5.02 Å². The molecule has 1 atom stereocenters. The fraction of sp³-hybridized carbons (Fsp3) is 0.294. The predicted octanol–water partition coefficient (Wildman–Crippen LogP) is 7.61. The van der Waals surface area contributed by atoms with E-state index in [1.165, 1.54) is 11.3 Å². The standard InChI is InChI=1S/C34H38ClN7OS/c1-22-23(2)42(21-24-10-7-6-8-11-24)34(39-22)44-32-13-12-26(16-28(32)35)40-33-25(19-36)20-38-29-18-30(31(43-5)17-27(29)33)37-14-9-15-41(3)4/h6-8,10-13,16-18,20,34,37,39H,9,14-15,21H2,1-5H3,(H,38,40). The maximum atomic E-state index is 9.93. The van der Waals surface area contributed by atoms with Gasteiger partial charge in [0, 0.05) is 46.6 Å². The number of pyridine rings is 1. The molecule has 0 radical (unpaired) electrons. The molecule has 1 aliphatic rings. The van der Waals surface area contributed by atoms with Crippen molar-refractivity contribution in [3.8, 4) is 11.8 Å². The van der Waals surface area contributed by atoms with Crippen LogP contribution in [0.15, 0.2) is 83.2 Å². The van der Waals surface area contributed by atoms with E-state index >= 15 is 0 Å². The van der Waals surface area contributed by atoms with Crippen molar-refractivity contribution in [2.45, 2.75) is 37.2 Å². The minimum absolute atomic E-state index is 0.0130. The third-order valence-electron chi connectivity index (χ3n) is 7.64. The summed E-state index contributed by atoms with van der Waals surface area (Å²) in [6, 6.07) is 22.6. The number of thioether (sulfide) groups is 1. The van der Waals surface area contributed by atoms with Gasteiger partial charge in [-0.15, -0.1) is 0 Å². The molecule has 2 heterocycles. The Hall–Kier alpha value is -4.10. The molecule has 0 amide bonds. The van der Waals surface area contributed by atoms with Crippen LogP contribution in [0.5, 0.6) is 5.75 Å². The molecule has 0 fully saturated rings. The summed E-state index contributed by atoms with van der Waals surface area (Å²) in [4.78, 5) is 10.1. The average Bonchev–Trinajstić information content (AvgIpc) is 3.28. The minimum atomic E-state index is 0.0130. The number of anilines is 3. The van der Waals surface area contributed by atoms with Crippen LogP contribution >= 0.6 is 23.4 Å². The molecule has 3 N–H and O–H groups in total. The predicted molar refractivity (Wildman–Crippen MR) is 183 cm³/mol. The van der Waals surface area contributed by atoms with Crippen molar-refractivity contribution in [2.24, 2.45) is 0 Å². The number of nitriles is 1. The number of nitrogens with one attached hydrogen (secondary N) is 3. The van der Waals surface area contributed by atoms with Crippen molar-refractivity contribution < 1.29 is 4.74 Å². The Balaban J connectivity index is 1.37. The first kappa shape index (κ1) is 31.3. The molecule has 1 unspecified atom stereocenters. The summed E-state index contributed by atoms with van der Waals surface area (Å²) in [5.74, 6) is 0.690. The number of hydrogen-bond acceptors (Lipinski definition) is 9. The zero-order valence-corrected chi connectivity index (χ0v) is 27.3. The molecular weight excluding hydrogens is 590 g/mol. The topological polar surface area (TPSA) is 88.5 Å². The Morgan fingerprint density at radius 1 is 1.14 bits per heavy atom. The number of nitrogens with zero attached hydrogens (tertiary/aromatic N) is 4. The quantitative estimate of drug-likeness (QED) is 0.137. The van der Waals surface area contributed by atoms with Crippen molar-refractivity contribution in [1.82, 2.24) is 20.1 Å². The van der Waals surface area contributed by atoms with Gasteiger partial charge in [-0.2, -0.15) is 5.26 Å². The van der Waals surface area contributed by atoms with Crippen LogP contribution in [-0.4, -0.2) is 54.6 Å². The van der Waals surface area contributed by atoms with Gasteiger partial charge in [-0.05, 0) is 76.8 Å². The largest absolute Gasteiger partial charge is 0.495 e. The maximum absolute atomic E-state index is 9.93. The van der Waals surface area contributed by atoms with Crippen LogP contribution in [0.4, 0.5) is 17.1 Å². The van der Waals surface area contributed by atoms with Crippen molar-refractivity contribution in [2.75, 3.05) is 44.9 Å². The van der Waals surface area contributed by atoms with Crippen LogP contribution in [0, 0.1) is 11.3 Å². The lowest BCUT2D eigenvalue weighted by atomic mass is 10.1. The van der Waals surface area contributed by atoms with Gasteiger partial charge >= 0.3 is 0 Å². The molecule has 8 nitrogen and oxygen atoms in total. The zero-order valence-electron chi connectivity index (χ0n) is 25.7. The van der Waals surface area contributed by atoms with Gasteiger partial charge in [-0.3, -0.25) is 4.98 Å². The number of hydrogen-bond donors (Lipinski definition) is 3. The summed E-state index contributed by atoms with van der Waals surface area (Å²) in [6.07, 6.45) is 2.60. The molecule has 5 rings (SSSR count). The highest BCUT2D eigenvalue weighted by atomic mass is 35.5. The molecule has 3 aromatic carbocycles. The Morgan fingerprint density at radius 2 is 1.93 bits per heavy atom. The lowest BCUT2D eigenvalue weighted by Crippen LogP contribution is -2.33. The highest BCUT2D eigenvalue weighted by molar-refractivity contribution is 8.00. The van der Waals surface area contributed by atoms with E-state index in [1.54, 1.807) is 25.1 Å². The van der Waals surface area contributed by atoms with E-state index < -0.39 is 0 Å². The molecule has 0 bridgehead atoms. The summed E-state index contributed by atoms with van der Waals surface area (Å²) in [6.45, 7) is 6.84. The van der Waals surface area contributed by atoms with Gasteiger partial charge in [0.1, 0.15) is 11.8 Å². The highest BCUT2D eigenvalue weighted by Crippen LogP contribution is 2.40. The number of benzene rings is 3. The number of ether oxygens (including phenoxy) is 1. The van der Waals surface area contributed by atoms with E-state index in [4.69, 9.17) is 16.3 Å². The molecule has 44 heavy (non-hydrogen) atoms. The number of rotatable bonds is 12. The third kappa shape index (κ3) is 7.16. The molecule has 10 heteroatoms. The number of allylic oxidation sites excluding steroid dienone is 2. The molecule has 0 saturated carbocycles. The van der Waals surface area contributed by atoms with Crippen LogP contribution < -0.4 is 20.7 Å². The normalized spacial score (nSPS) is 14.6. The Bertz CT molecular complexity index is 1700. The first-order chi connectivity index (χ1) is 21.3. The van der Waals surface area contributed by atoms with Crippen LogP contribution in [0.25, 0.3) is 10.9 Å². The molecule has 1 aliphatic heterocycles. The molecule has 4 aromatic rings. The van der Waals surface area contributed by atoms with E-state index in [-0.39, 0.29) is 5.50 Å². The number of aromatic nitrogens is 1. The second kappa shape index (κ2) is 14.1.